The topological polar surface area (TPSA) is 46.5 Å². The molecular formula is C15H24O3S. The Kier molecular flexibility index (Phi) is 7.56. The number of aryl methyl sites for hydroxylation is 1. The SMILES string of the molecule is CCCCCCCCCOc1cc(C)sc1C(=O)O. The molecule has 0 radical (unpaired) electrons. The highest BCUT2D eigenvalue weighted by molar-refractivity contribution is 7.14. The normalized spacial score (nSPS) is 10.6. The molecule has 0 aliphatic heterocycles. The van der Waals surface area contributed by atoms with Gasteiger partial charge in [0.15, 0.2) is 4.88 Å². The maximum Gasteiger partial charge on any atom is 0.349 e. The lowest BCUT2D eigenvalue weighted by molar-refractivity contribution is 0.0698. The van der Waals surface area contributed by atoms with Crippen molar-refractivity contribution in [1.82, 2.24) is 0 Å². The third-order valence-corrected chi connectivity index (χ3v) is 4.04. The number of carboxylic acid groups (broad SMARTS) is 1. The second kappa shape index (κ2) is 8.97. The minimum Gasteiger partial charge on any atom is -0.492 e. The Balaban J connectivity index is 2.17. The van der Waals surface area contributed by atoms with Crippen LogP contribution in [0.15, 0.2) is 6.07 Å². The number of hydrogen-bond acceptors (Lipinski definition) is 3. The van der Waals surface area contributed by atoms with Gasteiger partial charge in [-0.15, -0.1) is 11.3 Å². The first-order valence-electron chi connectivity index (χ1n) is 7.11. The summed E-state index contributed by atoms with van der Waals surface area (Å²) in [7, 11) is 0. The van der Waals surface area contributed by atoms with E-state index in [0.29, 0.717) is 17.2 Å². The molecule has 1 aromatic heterocycles. The lowest BCUT2D eigenvalue weighted by Crippen LogP contribution is -2.01. The first-order valence-corrected chi connectivity index (χ1v) is 7.93. The van der Waals surface area contributed by atoms with Crippen LogP contribution >= 0.6 is 11.3 Å². The first-order chi connectivity index (χ1) is 9.15. The van der Waals surface area contributed by atoms with Gasteiger partial charge in [-0.2, -0.15) is 0 Å². The number of hydrogen-bond donors (Lipinski definition) is 1. The van der Waals surface area contributed by atoms with E-state index in [2.05, 4.69) is 6.92 Å². The summed E-state index contributed by atoms with van der Waals surface area (Å²) in [6, 6.07) is 1.81. The number of thiophene rings is 1. The summed E-state index contributed by atoms with van der Waals surface area (Å²) >= 11 is 1.28. The van der Waals surface area contributed by atoms with Gasteiger partial charge in [-0.1, -0.05) is 45.4 Å². The van der Waals surface area contributed by atoms with E-state index < -0.39 is 5.97 Å². The highest BCUT2D eigenvalue weighted by Gasteiger charge is 2.14. The van der Waals surface area contributed by atoms with Crippen LogP contribution in [0.4, 0.5) is 0 Å². The van der Waals surface area contributed by atoms with Crippen molar-refractivity contribution in [3.8, 4) is 5.75 Å². The molecule has 19 heavy (non-hydrogen) atoms. The van der Waals surface area contributed by atoms with Crippen molar-refractivity contribution in [3.05, 3.63) is 15.8 Å². The molecule has 0 aliphatic rings. The van der Waals surface area contributed by atoms with Crippen LogP contribution in [0.3, 0.4) is 0 Å². The summed E-state index contributed by atoms with van der Waals surface area (Å²) in [6.45, 7) is 4.73. The summed E-state index contributed by atoms with van der Waals surface area (Å²) in [5.74, 6) is -0.367. The Hall–Kier alpha value is -1.03. The molecule has 3 nitrogen and oxygen atoms in total. The lowest BCUT2D eigenvalue weighted by Gasteiger charge is -2.05. The van der Waals surface area contributed by atoms with E-state index in [9.17, 15) is 4.79 Å². The van der Waals surface area contributed by atoms with Gasteiger partial charge in [-0.05, 0) is 19.4 Å². The Morgan fingerprint density at radius 2 is 1.84 bits per heavy atom. The fourth-order valence-electron chi connectivity index (χ4n) is 1.99. The number of carbonyl (C=O) groups is 1. The van der Waals surface area contributed by atoms with Crippen LogP contribution in [-0.2, 0) is 0 Å². The van der Waals surface area contributed by atoms with Crippen molar-refractivity contribution in [2.24, 2.45) is 0 Å². The minimum absolute atomic E-state index is 0.320. The molecule has 4 heteroatoms. The van der Waals surface area contributed by atoms with E-state index in [4.69, 9.17) is 9.84 Å². The predicted molar refractivity (Wildman–Crippen MR) is 79.5 cm³/mol. The average Bonchev–Trinajstić information content (AvgIpc) is 2.74. The summed E-state index contributed by atoms with van der Waals surface area (Å²) in [6.07, 6.45) is 8.63. The van der Waals surface area contributed by atoms with Crippen molar-refractivity contribution in [1.29, 1.82) is 0 Å². The van der Waals surface area contributed by atoms with Gasteiger partial charge in [0.25, 0.3) is 0 Å². The molecular weight excluding hydrogens is 260 g/mol. The molecule has 0 amide bonds. The van der Waals surface area contributed by atoms with Gasteiger partial charge in [0, 0.05) is 4.88 Å². The van der Waals surface area contributed by atoms with Gasteiger partial charge in [0.2, 0.25) is 0 Å². The molecule has 0 aromatic carbocycles. The monoisotopic (exact) mass is 284 g/mol. The summed E-state index contributed by atoms with van der Waals surface area (Å²) in [5, 5.41) is 9.03. The van der Waals surface area contributed by atoms with Crippen LogP contribution in [0.5, 0.6) is 5.75 Å². The van der Waals surface area contributed by atoms with Gasteiger partial charge >= 0.3 is 5.97 Å². The molecule has 0 fully saturated rings. The lowest BCUT2D eigenvalue weighted by atomic mass is 10.1. The minimum atomic E-state index is -0.896. The standard InChI is InChI=1S/C15H24O3S/c1-3-4-5-6-7-8-9-10-18-13-11-12(2)19-14(13)15(16)17/h11H,3-10H2,1-2H3,(H,16,17). The second-order valence-corrected chi connectivity index (χ2v) is 6.08. The van der Waals surface area contributed by atoms with E-state index in [1.807, 2.05) is 13.0 Å². The molecule has 0 saturated heterocycles. The zero-order valence-corrected chi connectivity index (χ0v) is 12.7. The molecule has 0 aliphatic carbocycles. The zero-order chi connectivity index (χ0) is 14.1. The van der Waals surface area contributed by atoms with Crippen molar-refractivity contribution < 1.29 is 14.6 Å². The quantitative estimate of drug-likeness (QED) is 0.623. The Bertz CT molecular complexity index is 385. The molecule has 0 spiro atoms. The Morgan fingerprint density at radius 1 is 1.21 bits per heavy atom. The molecule has 0 atom stereocenters. The molecule has 1 heterocycles. The molecule has 1 aromatic rings. The Labute approximate surface area is 119 Å². The predicted octanol–water partition coefficient (Wildman–Crippen LogP) is 4.88. The third kappa shape index (κ3) is 6.10. The first kappa shape index (κ1) is 16.0. The number of aromatic carboxylic acids is 1. The smallest absolute Gasteiger partial charge is 0.349 e. The fourth-order valence-corrected chi connectivity index (χ4v) is 2.78. The largest absolute Gasteiger partial charge is 0.492 e. The van der Waals surface area contributed by atoms with Crippen LogP contribution in [-0.4, -0.2) is 17.7 Å². The molecule has 0 bridgehead atoms. The van der Waals surface area contributed by atoms with Crippen molar-refractivity contribution in [3.63, 3.8) is 0 Å². The van der Waals surface area contributed by atoms with Crippen LogP contribution in [0, 0.1) is 6.92 Å². The van der Waals surface area contributed by atoms with E-state index in [1.165, 1.54) is 43.4 Å². The number of rotatable bonds is 10. The van der Waals surface area contributed by atoms with E-state index in [0.717, 1.165) is 17.7 Å². The van der Waals surface area contributed by atoms with Crippen molar-refractivity contribution >= 4 is 17.3 Å². The number of ether oxygens (including phenoxy) is 1. The molecule has 1 rings (SSSR count). The van der Waals surface area contributed by atoms with Gasteiger partial charge < -0.3 is 9.84 Å². The fraction of sp³-hybridized carbons (Fsp3) is 0.667. The molecule has 1 N–H and O–H groups in total. The van der Waals surface area contributed by atoms with Gasteiger partial charge in [0.1, 0.15) is 5.75 Å². The summed E-state index contributed by atoms with van der Waals surface area (Å²) in [4.78, 5) is 12.3. The highest BCUT2D eigenvalue weighted by Crippen LogP contribution is 2.29. The molecule has 0 unspecified atom stereocenters. The zero-order valence-electron chi connectivity index (χ0n) is 11.9. The van der Waals surface area contributed by atoms with Gasteiger partial charge in [-0.3, -0.25) is 0 Å². The maximum atomic E-state index is 11.0. The van der Waals surface area contributed by atoms with E-state index in [1.54, 1.807) is 0 Å². The van der Waals surface area contributed by atoms with Crippen LogP contribution in [0.1, 0.15) is 66.4 Å². The summed E-state index contributed by atoms with van der Waals surface area (Å²) in [5.41, 5.74) is 0. The van der Waals surface area contributed by atoms with E-state index in [-0.39, 0.29) is 0 Å². The van der Waals surface area contributed by atoms with Crippen LogP contribution < -0.4 is 4.74 Å². The Morgan fingerprint density at radius 3 is 2.47 bits per heavy atom. The average molecular weight is 284 g/mol. The van der Waals surface area contributed by atoms with Crippen LogP contribution in [0.2, 0.25) is 0 Å². The number of unbranched alkanes of at least 4 members (excludes halogenated alkanes) is 6. The van der Waals surface area contributed by atoms with Crippen molar-refractivity contribution in [2.45, 2.75) is 58.8 Å². The van der Waals surface area contributed by atoms with Gasteiger partial charge in [-0.25, -0.2) is 4.79 Å². The van der Waals surface area contributed by atoms with Crippen LogP contribution in [0.25, 0.3) is 0 Å². The number of carboxylic acids is 1. The highest BCUT2D eigenvalue weighted by atomic mass is 32.1. The maximum absolute atomic E-state index is 11.0. The molecule has 0 saturated carbocycles. The van der Waals surface area contributed by atoms with Crippen molar-refractivity contribution in [2.75, 3.05) is 6.61 Å². The van der Waals surface area contributed by atoms with E-state index >= 15 is 0 Å². The summed E-state index contributed by atoms with van der Waals surface area (Å²) < 4.78 is 5.58. The molecule has 108 valence electrons. The third-order valence-electron chi connectivity index (χ3n) is 3.02. The second-order valence-electron chi connectivity index (χ2n) is 4.83. The van der Waals surface area contributed by atoms with Gasteiger partial charge in [0.05, 0.1) is 6.61 Å².